The summed E-state index contributed by atoms with van der Waals surface area (Å²) in [5.74, 6) is -0.739. The molecule has 3 rings (SSSR count). The molecule has 2 heterocycles. The monoisotopic (exact) mass is 405 g/mol. The van der Waals surface area contributed by atoms with Crippen molar-refractivity contribution in [2.24, 2.45) is 0 Å². The van der Waals surface area contributed by atoms with Gasteiger partial charge in [-0.25, -0.2) is 13.2 Å². The van der Waals surface area contributed by atoms with E-state index >= 15 is 0 Å². The van der Waals surface area contributed by atoms with Crippen molar-refractivity contribution in [1.82, 2.24) is 19.6 Å². The molecular formula is C20H22F3N5O. The summed E-state index contributed by atoms with van der Waals surface area (Å²) in [4.78, 5) is 12.7. The number of anilines is 1. The molecule has 154 valence electrons. The van der Waals surface area contributed by atoms with Crippen molar-refractivity contribution in [3.05, 3.63) is 64.5 Å². The normalized spacial score (nSPS) is 12.4. The third kappa shape index (κ3) is 4.18. The zero-order valence-corrected chi connectivity index (χ0v) is 16.6. The van der Waals surface area contributed by atoms with Crippen molar-refractivity contribution in [2.45, 2.75) is 46.7 Å². The summed E-state index contributed by atoms with van der Waals surface area (Å²) in [5.41, 5.74) is 2.33. The van der Waals surface area contributed by atoms with Crippen LogP contribution in [0, 0.1) is 26.6 Å². The van der Waals surface area contributed by atoms with Crippen LogP contribution in [0.3, 0.4) is 0 Å². The fourth-order valence-corrected chi connectivity index (χ4v) is 3.17. The first-order valence-electron chi connectivity index (χ1n) is 9.11. The predicted octanol–water partition coefficient (Wildman–Crippen LogP) is 4.33. The van der Waals surface area contributed by atoms with E-state index in [0.717, 1.165) is 0 Å². The lowest BCUT2D eigenvalue weighted by Crippen LogP contribution is -2.25. The number of hydrogen-bond donors (Lipinski definition) is 1. The van der Waals surface area contributed by atoms with Crippen LogP contribution in [-0.2, 0) is 11.3 Å². The first-order valence-corrected chi connectivity index (χ1v) is 9.11. The van der Waals surface area contributed by atoms with Gasteiger partial charge in [-0.15, -0.1) is 0 Å². The van der Waals surface area contributed by atoms with E-state index in [-0.39, 0.29) is 18.1 Å². The van der Waals surface area contributed by atoms with Crippen LogP contribution in [0.15, 0.2) is 30.3 Å². The van der Waals surface area contributed by atoms with Crippen molar-refractivity contribution in [3.8, 4) is 0 Å². The van der Waals surface area contributed by atoms with Crippen LogP contribution in [0.25, 0.3) is 0 Å². The van der Waals surface area contributed by atoms with Gasteiger partial charge in [0.15, 0.2) is 0 Å². The molecule has 1 N–H and O–H groups in total. The largest absolute Gasteiger partial charge is 0.321 e. The number of rotatable bonds is 6. The van der Waals surface area contributed by atoms with Crippen molar-refractivity contribution in [1.29, 1.82) is 0 Å². The number of carbonyl (C=O) groups excluding carboxylic acids is 1. The van der Waals surface area contributed by atoms with Gasteiger partial charge in [0.1, 0.15) is 17.6 Å². The highest BCUT2D eigenvalue weighted by molar-refractivity contribution is 5.94. The van der Waals surface area contributed by atoms with Gasteiger partial charge in [-0.2, -0.15) is 10.2 Å². The summed E-state index contributed by atoms with van der Waals surface area (Å²) in [7, 11) is 0. The van der Waals surface area contributed by atoms with Gasteiger partial charge in [-0.3, -0.25) is 14.2 Å². The average molecular weight is 405 g/mol. The SMILES string of the molecule is Cc1nn(Cc2ccccc2F)c(C)c1NC(=O)C(C)n1nc(C(F)F)cc1C. The highest BCUT2D eigenvalue weighted by Gasteiger charge is 2.23. The van der Waals surface area contributed by atoms with E-state index < -0.39 is 18.4 Å². The molecule has 6 nitrogen and oxygen atoms in total. The van der Waals surface area contributed by atoms with E-state index in [1.54, 1.807) is 50.6 Å². The molecular weight excluding hydrogens is 383 g/mol. The molecule has 0 aliphatic rings. The number of hydrogen-bond acceptors (Lipinski definition) is 3. The number of benzene rings is 1. The molecule has 0 aliphatic heterocycles. The second-order valence-electron chi connectivity index (χ2n) is 6.92. The molecule has 1 aromatic carbocycles. The molecule has 0 saturated heterocycles. The molecule has 0 fully saturated rings. The van der Waals surface area contributed by atoms with Gasteiger partial charge in [0.25, 0.3) is 6.43 Å². The van der Waals surface area contributed by atoms with E-state index in [0.29, 0.717) is 28.3 Å². The Morgan fingerprint density at radius 1 is 1.17 bits per heavy atom. The van der Waals surface area contributed by atoms with Gasteiger partial charge >= 0.3 is 0 Å². The minimum absolute atomic E-state index is 0.223. The molecule has 0 saturated carbocycles. The van der Waals surface area contributed by atoms with Gasteiger partial charge in [0, 0.05) is 11.3 Å². The molecule has 9 heteroatoms. The molecule has 2 aromatic heterocycles. The van der Waals surface area contributed by atoms with Gasteiger partial charge in [0.05, 0.1) is 23.6 Å². The maximum absolute atomic E-state index is 13.9. The van der Waals surface area contributed by atoms with Gasteiger partial charge in [-0.1, -0.05) is 18.2 Å². The summed E-state index contributed by atoms with van der Waals surface area (Å²) < 4.78 is 42.6. The maximum Gasteiger partial charge on any atom is 0.282 e. The molecule has 1 unspecified atom stereocenters. The first-order chi connectivity index (χ1) is 13.7. The second kappa shape index (κ2) is 8.10. The van der Waals surface area contributed by atoms with Crippen molar-refractivity contribution >= 4 is 11.6 Å². The lowest BCUT2D eigenvalue weighted by Gasteiger charge is -2.15. The van der Waals surface area contributed by atoms with Crippen molar-refractivity contribution in [2.75, 3.05) is 5.32 Å². The standard InChI is InChI=1S/C20H22F3N5O/c1-11-9-17(19(22)23)26-28(11)14(4)20(29)24-18-12(2)25-27(13(18)3)10-15-7-5-6-8-16(15)21/h5-9,14,19H,10H2,1-4H3,(H,24,29). The minimum atomic E-state index is -2.70. The Labute approximate surface area is 166 Å². The lowest BCUT2D eigenvalue weighted by atomic mass is 10.2. The molecule has 29 heavy (non-hydrogen) atoms. The topological polar surface area (TPSA) is 64.7 Å². The van der Waals surface area contributed by atoms with E-state index in [1.807, 2.05) is 0 Å². The van der Waals surface area contributed by atoms with Gasteiger partial charge in [0.2, 0.25) is 5.91 Å². The smallest absolute Gasteiger partial charge is 0.282 e. The second-order valence-corrected chi connectivity index (χ2v) is 6.92. The molecule has 1 atom stereocenters. The maximum atomic E-state index is 13.9. The number of alkyl halides is 2. The Balaban J connectivity index is 1.80. The minimum Gasteiger partial charge on any atom is -0.321 e. The van der Waals surface area contributed by atoms with Crippen LogP contribution in [0.2, 0.25) is 0 Å². The number of halogens is 3. The third-order valence-electron chi connectivity index (χ3n) is 4.82. The van der Waals surface area contributed by atoms with E-state index in [2.05, 4.69) is 15.5 Å². The fraction of sp³-hybridized carbons (Fsp3) is 0.350. The summed E-state index contributed by atoms with van der Waals surface area (Å²) in [6.45, 7) is 6.93. The molecule has 3 aromatic rings. The van der Waals surface area contributed by atoms with Gasteiger partial charge < -0.3 is 5.32 Å². The van der Waals surface area contributed by atoms with E-state index in [1.165, 1.54) is 16.8 Å². The number of aromatic nitrogens is 4. The molecule has 1 amide bonds. The quantitative estimate of drug-likeness (QED) is 0.664. The van der Waals surface area contributed by atoms with E-state index in [9.17, 15) is 18.0 Å². The van der Waals surface area contributed by atoms with Crippen molar-refractivity contribution in [3.63, 3.8) is 0 Å². The Bertz CT molecular complexity index is 1040. The Hall–Kier alpha value is -3.10. The van der Waals surface area contributed by atoms with Crippen molar-refractivity contribution < 1.29 is 18.0 Å². The predicted molar refractivity (Wildman–Crippen MR) is 102 cm³/mol. The highest BCUT2D eigenvalue weighted by Crippen LogP contribution is 2.24. The van der Waals surface area contributed by atoms with Crippen LogP contribution in [0.5, 0.6) is 0 Å². The zero-order chi connectivity index (χ0) is 21.3. The number of nitrogens with zero attached hydrogens (tertiary/aromatic N) is 4. The summed E-state index contributed by atoms with van der Waals surface area (Å²) in [6, 6.07) is 6.88. The van der Waals surface area contributed by atoms with Crippen LogP contribution in [-0.4, -0.2) is 25.5 Å². The van der Waals surface area contributed by atoms with Crippen LogP contribution in [0.4, 0.5) is 18.9 Å². The number of amides is 1. The number of carbonyl (C=O) groups is 1. The van der Waals surface area contributed by atoms with Crippen LogP contribution in [0.1, 0.15) is 47.7 Å². The Kier molecular flexibility index (Phi) is 5.76. The molecule has 0 spiro atoms. The van der Waals surface area contributed by atoms with Gasteiger partial charge in [-0.05, 0) is 39.8 Å². The number of nitrogens with one attached hydrogen (secondary N) is 1. The van der Waals surface area contributed by atoms with Crippen LogP contribution < -0.4 is 5.32 Å². The first kappa shape index (κ1) is 20.6. The Morgan fingerprint density at radius 2 is 1.86 bits per heavy atom. The lowest BCUT2D eigenvalue weighted by molar-refractivity contribution is -0.119. The Morgan fingerprint density at radius 3 is 2.48 bits per heavy atom. The fourth-order valence-electron chi connectivity index (χ4n) is 3.17. The van der Waals surface area contributed by atoms with E-state index in [4.69, 9.17) is 0 Å². The highest BCUT2D eigenvalue weighted by atomic mass is 19.3. The molecule has 0 radical (unpaired) electrons. The third-order valence-corrected chi connectivity index (χ3v) is 4.82. The molecule has 0 bridgehead atoms. The van der Waals surface area contributed by atoms with Crippen LogP contribution >= 0.6 is 0 Å². The summed E-state index contributed by atoms with van der Waals surface area (Å²) >= 11 is 0. The average Bonchev–Trinajstić information content (AvgIpc) is 3.18. The zero-order valence-electron chi connectivity index (χ0n) is 16.6. The number of aryl methyl sites for hydroxylation is 2. The summed E-state index contributed by atoms with van der Waals surface area (Å²) in [5, 5.41) is 11.0. The molecule has 0 aliphatic carbocycles. The summed E-state index contributed by atoms with van der Waals surface area (Å²) in [6.07, 6.45) is -2.70.